The number of nitrogens with zero attached hydrogens (tertiary/aromatic N) is 1. The van der Waals surface area contributed by atoms with Gasteiger partial charge in [0.25, 0.3) is 5.69 Å². The fourth-order valence-electron chi connectivity index (χ4n) is 1.84. The van der Waals surface area contributed by atoms with Crippen LogP contribution in [0, 0.1) is 10.1 Å². The molecule has 0 aliphatic heterocycles. The fourth-order valence-corrected chi connectivity index (χ4v) is 1.84. The van der Waals surface area contributed by atoms with Crippen LogP contribution in [0.25, 0.3) is 11.1 Å². The minimum absolute atomic E-state index is 0.0535. The molecule has 0 aromatic heterocycles. The summed E-state index contributed by atoms with van der Waals surface area (Å²) in [4.78, 5) is 21.2. The molecule has 2 aromatic carbocycles. The average molecular weight is 273 g/mol. The zero-order valence-electron chi connectivity index (χ0n) is 10.6. The topological polar surface area (TPSA) is 89.7 Å². The average Bonchev–Trinajstić information content (AvgIpc) is 2.47. The van der Waals surface area contributed by atoms with Crippen molar-refractivity contribution in [3.63, 3.8) is 0 Å². The number of methoxy groups -OCH3 is 1. The second kappa shape index (κ2) is 5.40. The van der Waals surface area contributed by atoms with Crippen molar-refractivity contribution in [2.24, 2.45) is 0 Å². The summed E-state index contributed by atoms with van der Waals surface area (Å²) >= 11 is 0. The number of nitro groups is 1. The van der Waals surface area contributed by atoms with E-state index in [2.05, 4.69) is 0 Å². The van der Waals surface area contributed by atoms with Gasteiger partial charge in [-0.25, -0.2) is 0 Å². The lowest BCUT2D eigenvalue weighted by molar-refractivity contribution is -0.384. The molecule has 0 aliphatic rings. The lowest BCUT2D eigenvalue weighted by atomic mass is 10.0. The van der Waals surface area contributed by atoms with Gasteiger partial charge in [-0.3, -0.25) is 14.9 Å². The van der Waals surface area contributed by atoms with Crippen LogP contribution < -0.4 is 4.74 Å². The van der Waals surface area contributed by atoms with E-state index in [1.807, 2.05) is 0 Å². The molecule has 102 valence electrons. The number of nitro benzene ring substituents is 1. The minimum Gasteiger partial charge on any atom is -0.504 e. The van der Waals surface area contributed by atoms with E-state index in [0.717, 1.165) is 0 Å². The standard InChI is InChI=1S/C14H11NO5/c1-20-13-7-10(5-11(8-16)14(13)17)9-3-2-4-12(6-9)15(18)19/h2-8,17H,1H3. The van der Waals surface area contributed by atoms with Crippen molar-refractivity contribution < 1.29 is 19.6 Å². The Bertz CT molecular complexity index is 681. The minimum atomic E-state index is -0.498. The van der Waals surface area contributed by atoms with Gasteiger partial charge in [-0.05, 0) is 23.3 Å². The highest BCUT2D eigenvalue weighted by molar-refractivity contribution is 5.85. The molecular weight excluding hydrogens is 262 g/mol. The van der Waals surface area contributed by atoms with E-state index in [-0.39, 0.29) is 22.7 Å². The Hall–Kier alpha value is -2.89. The molecule has 6 heteroatoms. The predicted octanol–water partition coefficient (Wildman–Crippen LogP) is 2.79. The third kappa shape index (κ3) is 2.44. The fraction of sp³-hybridized carbons (Fsp3) is 0.0714. The molecule has 0 fully saturated rings. The van der Waals surface area contributed by atoms with Crippen LogP contribution in [-0.2, 0) is 0 Å². The molecule has 0 unspecified atom stereocenters. The number of hydrogen-bond donors (Lipinski definition) is 1. The summed E-state index contributed by atoms with van der Waals surface area (Å²) in [5, 5.41) is 20.5. The summed E-state index contributed by atoms with van der Waals surface area (Å²) < 4.78 is 4.98. The Morgan fingerprint density at radius 2 is 2.00 bits per heavy atom. The monoisotopic (exact) mass is 273 g/mol. The van der Waals surface area contributed by atoms with Crippen LogP contribution in [0.1, 0.15) is 10.4 Å². The van der Waals surface area contributed by atoms with E-state index in [1.54, 1.807) is 12.1 Å². The third-order valence-electron chi connectivity index (χ3n) is 2.84. The quantitative estimate of drug-likeness (QED) is 0.525. The van der Waals surface area contributed by atoms with E-state index in [4.69, 9.17) is 4.74 Å². The van der Waals surface area contributed by atoms with Crippen LogP contribution in [-0.4, -0.2) is 23.4 Å². The predicted molar refractivity (Wildman–Crippen MR) is 72.1 cm³/mol. The first kappa shape index (κ1) is 13.5. The van der Waals surface area contributed by atoms with Crippen LogP contribution in [0.15, 0.2) is 36.4 Å². The van der Waals surface area contributed by atoms with E-state index in [9.17, 15) is 20.0 Å². The van der Waals surface area contributed by atoms with Gasteiger partial charge in [0, 0.05) is 12.1 Å². The number of phenolic OH excluding ortho intramolecular Hbond substituents is 1. The SMILES string of the molecule is COc1cc(-c2cccc([N+](=O)[O-])c2)cc(C=O)c1O. The van der Waals surface area contributed by atoms with Gasteiger partial charge in [-0.1, -0.05) is 12.1 Å². The molecule has 0 heterocycles. The number of phenols is 1. The molecule has 0 saturated carbocycles. The molecule has 0 amide bonds. The highest BCUT2D eigenvalue weighted by Crippen LogP contribution is 2.35. The second-order valence-electron chi connectivity index (χ2n) is 4.04. The first-order valence-electron chi connectivity index (χ1n) is 5.68. The van der Waals surface area contributed by atoms with Crippen LogP contribution in [0.4, 0.5) is 5.69 Å². The number of aromatic hydroxyl groups is 1. The number of rotatable bonds is 4. The molecule has 2 rings (SSSR count). The van der Waals surface area contributed by atoms with Crippen molar-refractivity contribution in [3.05, 3.63) is 52.1 Å². The number of ether oxygens (including phenoxy) is 1. The number of aldehydes is 1. The lowest BCUT2D eigenvalue weighted by Crippen LogP contribution is -1.92. The highest BCUT2D eigenvalue weighted by atomic mass is 16.6. The Morgan fingerprint density at radius 3 is 2.60 bits per heavy atom. The van der Waals surface area contributed by atoms with Gasteiger partial charge in [0.2, 0.25) is 0 Å². The van der Waals surface area contributed by atoms with Crippen molar-refractivity contribution in [1.29, 1.82) is 0 Å². The molecule has 2 aromatic rings. The van der Waals surface area contributed by atoms with Crippen molar-refractivity contribution >= 4 is 12.0 Å². The lowest BCUT2D eigenvalue weighted by Gasteiger charge is -2.09. The Kier molecular flexibility index (Phi) is 3.65. The Labute approximate surface area is 114 Å². The van der Waals surface area contributed by atoms with Crippen LogP contribution in [0.2, 0.25) is 0 Å². The summed E-state index contributed by atoms with van der Waals surface area (Å²) in [6.07, 6.45) is 0.499. The highest BCUT2D eigenvalue weighted by Gasteiger charge is 2.13. The summed E-state index contributed by atoms with van der Waals surface area (Å²) in [5.74, 6) is -0.118. The van der Waals surface area contributed by atoms with Gasteiger partial charge < -0.3 is 9.84 Å². The number of hydrogen-bond acceptors (Lipinski definition) is 5. The zero-order chi connectivity index (χ0) is 14.7. The first-order chi connectivity index (χ1) is 9.56. The maximum atomic E-state index is 10.9. The zero-order valence-corrected chi connectivity index (χ0v) is 10.6. The normalized spacial score (nSPS) is 10.1. The largest absolute Gasteiger partial charge is 0.504 e. The van der Waals surface area contributed by atoms with E-state index >= 15 is 0 Å². The van der Waals surface area contributed by atoms with E-state index in [0.29, 0.717) is 17.4 Å². The van der Waals surface area contributed by atoms with Crippen LogP contribution in [0.3, 0.4) is 0 Å². The van der Waals surface area contributed by atoms with E-state index < -0.39 is 4.92 Å². The summed E-state index contributed by atoms with van der Waals surface area (Å²) in [5.41, 5.74) is 1.11. The van der Waals surface area contributed by atoms with Crippen molar-refractivity contribution in [2.75, 3.05) is 7.11 Å². The summed E-state index contributed by atoms with van der Waals surface area (Å²) in [7, 11) is 1.36. The first-order valence-corrected chi connectivity index (χ1v) is 5.68. The molecule has 1 N–H and O–H groups in total. The molecule has 0 saturated heterocycles. The molecule has 0 radical (unpaired) electrons. The number of non-ortho nitro benzene ring substituents is 1. The Balaban J connectivity index is 2.60. The van der Waals surface area contributed by atoms with Crippen molar-refractivity contribution in [2.45, 2.75) is 0 Å². The van der Waals surface area contributed by atoms with Crippen LogP contribution >= 0.6 is 0 Å². The van der Waals surface area contributed by atoms with Gasteiger partial charge in [0.1, 0.15) is 0 Å². The molecule has 0 spiro atoms. The summed E-state index contributed by atoms with van der Waals surface area (Å²) in [6, 6.07) is 8.95. The molecule has 20 heavy (non-hydrogen) atoms. The number of carbonyl (C=O) groups excluding carboxylic acids is 1. The summed E-state index contributed by atoms with van der Waals surface area (Å²) in [6.45, 7) is 0. The van der Waals surface area contributed by atoms with Crippen LogP contribution in [0.5, 0.6) is 11.5 Å². The van der Waals surface area contributed by atoms with Crippen molar-refractivity contribution in [1.82, 2.24) is 0 Å². The molecule has 0 atom stereocenters. The molecule has 6 nitrogen and oxygen atoms in total. The van der Waals surface area contributed by atoms with Gasteiger partial charge in [0.05, 0.1) is 17.6 Å². The van der Waals surface area contributed by atoms with Crippen molar-refractivity contribution in [3.8, 4) is 22.6 Å². The van der Waals surface area contributed by atoms with Gasteiger partial charge in [-0.15, -0.1) is 0 Å². The van der Waals surface area contributed by atoms with E-state index in [1.165, 1.54) is 31.4 Å². The smallest absolute Gasteiger partial charge is 0.270 e. The third-order valence-corrected chi connectivity index (χ3v) is 2.84. The Morgan fingerprint density at radius 1 is 1.25 bits per heavy atom. The van der Waals surface area contributed by atoms with Gasteiger partial charge >= 0.3 is 0 Å². The maximum Gasteiger partial charge on any atom is 0.270 e. The van der Waals surface area contributed by atoms with Gasteiger partial charge in [-0.2, -0.15) is 0 Å². The van der Waals surface area contributed by atoms with Gasteiger partial charge in [0.15, 0.2) is 17.8 Å². The molecular formula is C14H11NO5. The second-order valence-corrected chi connectivity index (χ2v) is 4.04. The molecule has 0 aliphatic carbocycles. The molecule has 0 bridgehead atoms. The maximum absolute atomic E-state index is 10.9. The number of benzene rings is 2. The number of carbonyl (C=O) groups is 1.